The average molecular weight is 583 g/mol. The van der Waals surface area contributed by atoms with Crippen LogP contribution in [0.2, 0.25) is 0 Å². The summed E-state index contributed by atoms with van der Waals surface area (Å²) in [6.45, 7) is 5.46. The van der Waals surface area contributed by atoms with Gasteiger partial charge in [0.05, 0.1) is 11.2 Å². The van der Waals surface area contributed by atoms with E-state index in [1.807, 2.05) is 48.0 Å². The molecular weight excluding hydrogens is 545 g/mol. The number of aliphatic hydroxyl groups is 1. The lowest BCUT2D eigenvalue weighted by atomic mass is 9.80. The molecule has 2 aromatic heterocycles. The van der Waals surface area contributed by atoms with Crippen molar-refractivity contribution in [2.24, 2.45) is 7.05 Å². The molecule has 0 saturated heterocycles. The third-order valence-electron chi connectivity index (χ3n) is 7.83. The number of anilines is 1. The molecule has 2 heterocycles. The fourth-order valence-corrected chi connectivity index (χ4v) is 5.14. The van der Waals surface area contributed by atoms with Gasteiger partial charge >= 0.3 is 6.18 Å². The Hall–Kier alpha value is -3.54. The van der Waals surface area contributed by atoms with Crippen LogP contribution in [0.15, 0.2) is 66.5 Å². The molecule has 1 aromatic carbocycles. The summed E-state index contributed by atoms with van der Waals surface area (Å²) in [5.41, 5.74) is 4.70. The van der Waals surface area contributed by atoms with E-state index in [1.165, 1.54) is 0 Å². The van der Waals surface area contributed by atoms with E-state index in [1.54, 1.807) is 18.2 Å². The molecule has 2 N–H and O–H groups in total. The van der Waals surface area contributed by atoms with Gasteiger partial charge in [0, 0.05) is 37.3 Å². The van der Waals surface area contributed by atoms with Gasteiger partial charge < -0.3 is 14.6 Å². The van der Waals surface area contributed by atoms with Crippen LogP contribution in [0.3, 0.4) is 0 Å². The summed E-state index contributed by atoms with van der Waals surface area (Å²) in [4.78, 5) is 12.3. The van der Waals surface area contributed by atoms with Crippen LogP contribution in [0.5, 0.6) is 0 Å². The summed E-state index contributed by atoms with van der Waals surface area (Å²) >= 11 is 0. The molecule has 11 heteroatoms. The van der Waals surface area contributed by atoms with Gasteiger partial charge in [-0.1, -0.05) is 43.8 Å². The lowest BCUT2D eigenvalue weighted by molar-refractivity contribution is -0.0899. The van der Waals surface area contributed by atoms with Crippen LogP contribution in [0, 0.1) is 0 Å². The van der Waals surface area contributed by atoms with Crippen molar-refractivity contribution in [3.05, 3.63) is 72.2 Å². The smallest absolute Gasteiger partial charge is 0.388 e. The summed E-state index contributed by atoms with van der Waals surface area (Å²) in [6, 6.07) is 11.8. The van der Waals surface area contributed by atoms with Crippen molar-refractivity contribution in [2.45, 2.75) is 63.1 Å². The highest BCUT2D eigenvalue weighted by molar-refractivity contribution is 5.82. The lowest BCUT2D eigenvalue weighted by Crippen LogP contribution is -2.47. The Morgan fingerprint density at radius 1 is 1.24 bits per heavy atom. The van der Waals surface area contributed by atoms with E-state index >= 15 is 0 Å². The average Bonchev–Trinajstić information content (AvgIpc) is 3.71. The Labute approximate surface area is 243 Å². The highest BCUT2D eigenvalue weighted by Crippen LogP contribution is 2.42. The van der Waals surface area contributed by atoms with Crippen LogP contribution < -0.4 is 10.4 Å². The van der Waals surface area contributed by atoms with Crippen LogP contribution >= 0.6 is 0 Å². The molecule has 0 amide bonds. The Bertz CT molecular complexity index is 1440. The summed E-state index contributed by atoms with van der Waals surface area (Å²) in [5.74, 6) is 1.46. The number of hydrogen-bond donors (Lipinski definition) is 2. The second kappa shape index (κ2) is 12.4. The molecule has 0 unspecified atom stereocenters. The first-order valence-electron chi connectivity index (χ1n) is 14.3. The van der Waals surface area contributed by atoms with Crippen molar-refractivity contribution in [2.75, 3.05) is 24.7 Å². The number of nitrogens with one attached hydrogen (secondary N) is 1. The number of allylic oxidation sites excluding steroid dienone is 1. The van der Waals surface area contributed by atoms with Gasteiger partial charge in [-0.3, -0.25) is 4.84 Å². The quantitative estimate of drug-likeness (QED) is 0.109. The highest BCUT2D eigenvalue weighted by Gasteiger charge is 2.36. The van der Waals surface area contributed by atoms with Crippen LogP contribution in [0.25, 0.3) is 22.5 Å². The van der Waals surface area contributed by atoms with Crippen molar-refractivity contribution < 1.29 is 23.1 Å². The predicted octanol–water partition coefficient (Wildman–Crippen LogP) is 6.08. The number of hydrogen-bond acceptors (Lipinski definition) is 7. The molecule has 2 aliphatic rings. The number of pyridine rings is 1. The van der Waals surface area contributed by atoms with E-state index in [0.717, 1.165) is 47.7 Å². The first-order chi connectivity index (χ1) is 20.1. The van der Waals surface area contributed by atoms with Crippen molar-refractivity contribution in [1.82, 2.24) is 25.2 Å². The largest absolute Gasteiger partial charge is 0.416 e. The third-order valence-corrected chi connectivity index (χ3v) is 7.83. The van der Waals surface area contributed by atoms with Gasteiger partial charge in [0.2, 0.25) is 0 Å². The number of aromatic nitrogens is 4. The predicted molar refractivity (Wildman–Crippen MR) is 155 cm³/mol. The lowest BCUT2D eigenvalue weighted by Gasteiger charge is -2.36. The summed E-state index contributed by atoms with van der Waals surface area (Å²) < 4.78 is 43.6. The number of alkyl halides is 3. The van der Waals surface area contributed by atoms with Crippen molar-refractivity contribution in [1.29, 1.82) is 0 Å². The number of nitrogens with zero attached hydrogens (tertiary/aromatic N) is 5. The van der Waals surface area contributed by atoms with E-state index in [2.05, 4.69) is 22.3 Å². The summed E-state index contributed by atoms with van der Waals surface area (Å²) in [5, 5.41) is 18.7. The zero-order valence-corrected chi connectivity index (χ0v) is 24.0. The van der Waals surface area contributed by atoms with Crippen LogP contribution in [0.1, 0.15) is 57.1 Å². The maximum absolute atomic E-state index is 13.9. The van der Waals surface area contributed by atoms with Gasteiger partial charge in [0.15, 0.2) is 5.82 Å². The van der Waals surface area contributed by atoms with Gasteiger partial charge in [-0.15, -0.1) is 10.2 Å². The standard InChI is InChI=1S/C31H37F3N6O2/c1-4-8-26(31(32,33)34)21(2)17-40(20-42-36-18-30(41)13-7-14-30)28-16-23(15-27(37-28)22-11-12-22)24-9-5-6-10-25(24)29-38-35-19-39(29)3/h5-6,8-10,15-16,19,22,36,41H,2,4,7,11-14,17-18,20H2,1,3H3/b26-8+. The molecule has 0 bridgehead atoms. The molecule has 0 aliphatic heterocycles. The van der Waals surface area contributed by atoms with Gasteiger partial charge in [0.1, 0.15) is 18.9 Å². The van der Waals surface area contributed by atoms with Crippen LogP contribution in [0.4, 0.5) is 19.0 Å². The molecule has 0 radical (unpaired) electrons. The number of halogens is 3. The molecule has 0 spiro atoms. The maximum Gasteiger partial charge on any atom is 0.416 e. The van der Waals surface area contributed by atoms with E-state index in [9.17, 15) is 18.3 Å². The number of hydroxylamine groups is 1. The Morgan fingerprint density at radius 2 is 1.98 bits per heavy atom. The number of aryl methyl sites for hydroxylation is 1. The zero-order chi connectivity index (χ0) is 29.9. The molecule has 2 fully saturated rings. The fraction of sp³-hybridized carbons (Fsp3) is 0.452. The summed E-state index contributed by atoms with van der Waals surface area (Å²) in [7, 11) is 1.87. The van der Waals surface area contributed by atoms with Crippen LogP contribution in [-0.2, 0) is 11.9 Å². The molecule has 8 nitrogen and oxygen atoms in total. The summed E-state index contributed by atoms with van der Waals surface area (Å²) in [6.07, 6.45) is 2.80. The van der Waals surface area contributed by atoms with Gasteiger partial charge in [0.25, 0.3) is 0 Å². The minimum atomic E-state index is -4.53. The SMILES string of the molecule is C=C(CN(CONCC1(O)CCC1)c1cc(-c2ccccc2-c2nncn2C)cc(C2CC2)n1)/C(=C\CC)C(F)(F)F. The molecule has 5 rings (SSSR count). The Kier molecular flexibility index (Phi) is 8.81. The fourth-order valence-electron chi connectivity index (χ4n) is 5.14. The first kappa shape index (κ1) is 29.9. The molecule has 224 valence electrons. The second-order valence-electron chi connectivity index (χ2n) is 11.2. The molecule has 0 atom stereocenters. The van der Waals surface area contributed by atoms with E-state index in [4.69, 9.17) is 9.82 Å². The van der Waals surface area contributed by atoms with Crippen molar-refractivity contribution >= 4 is 5.82 Å². The minimum Gasteiger partial charge on any atom is -0.388 e. The topological polar surface area (TPSA) is 88.3 Å². The van der Waals surface area contributed by atoms with Gasteiger partial charge in [-0.05, 0) is 67.4 Å². The molecule has 3 aromatic rings. The normalized spacial score (nSPS) is 16.8. The second-order valence-corrected chi connectivity index (χ2v) is 11.2. The maximum atomic E-state index is 13.9. The van der Waals surface area contributed by atoms with Gasteiger partial charge in [-0.25, -0.2) is 4.98 Å². The molecule has 2 aliphatic carbocycles. The zero-order valence-electron chi connectivity index (χ0n) is 24.0. The van der Waals surface area contributed by atoms with Crippen molar-refractivity contribution in [3.63, 3.8) is 0 Å². The Morgan fingerprint density at radius 3 is 2.57 bits per heavy atom. The first-order valence-corrected chi connectivity index (χ1v) is 14.3. The van der Waals surface area contributed by atoms with E-state index < -0.39 is 17.4 Å². The third kappa shape index (κ3) is 6.91. The highest BCUT2D eigenvalue weighted by atomic mass is 19.4. The molecule has 42 heavy (non-hydrogen) atoms. The number of benzene rings is 1. The van der Waals surface area contributed by atoms with Gasteiger partial charge in [-0.2, -0.15) is 18.7 Å². The minimum absolute atomic E-state index is 0.0785. The molecule has 2 saturated carbocycles. The van der Waals surface area contributed by atoms with E-state index in [-0.39, 0.29) is 37.7 Å². The Balaban J connectivity index is 1.50. The monoisotopic (exact) mass is 582 g/mol. The molecular formula is C31H37F3N6O2. The van der Waals surface area contributed by atoms with Crippen LogP contribution in [-0.4, -0.2) is 56.5 Å². The van der Waals surface area contributed by atoms with E-state index in [0.29, 0.717) is 24.5 Å². The van der Waals surface area contributed by atoms with Crippen molar-refractivity contribution in [3.8, 4) is 22.5 Å². The number of rotatable bonds is 13.